The molecule has 0 radical (unpaired) electrons. The number of hydrogen-bond acceptors (Lipinski definition) is 3. The largest absolute Gasteiger partial charge is 0.322 e. The van der Waals surface area contributed by atoms with Crippen LogP contribution in [0.1, 0.15) is 0 Å². The Balaban J connectivity index is 2.71. The van der Waals surface area contributed by atoms with E-state index in [1.165, 1.54) is 6.07 Å². The van der Waals surface area contributed by atoms with Crippen LogP contribution in [0.25, 0.3) is 10.6 Å². The third-order valence-corrected chi connectivity index (χ3v) is 3.07. The average molecular weight is 293 g/mol. The Morgan fingerprint density at radius 2 is 2.13 bits per heavy atom. The maximum absolute atomic E-state index is 13.5. The summed E-state index contributed by atoms with van der Waals surface area (Å²) in [7, 11) is 0. The molecule has 0 aliphatic heterocycles. The van der Waals surface area contributed by atoms with Gasteiger partial charge in [-0.05, 0) is 28.1 Å². The number of hydrogen-bond donors (Lipinski definition) is 1. The lowest BCUT2D eigenvalue weighted by Gasteiger charge is -2.01. The van der Waals surface area contributed by atoms with Crippen LogP contribution in [-0.2, 0) is 0 Å². The summed E-state index contributed by atoms with van der Waals surface area (Å²) in [5.41, 5.74) is -0.298. The van der Waals surface area contributed by atoms with E-state index in [0.29, 0.717) is 11.3 Å². The molecule has 78 valence electrons. The van der Waals surface area contributed by atoms with Crippen molar-refractivity contribution in [2.45, 2.75) is 0 Å². The molecule has 1 heterocycles. The van der Waals surface area contributed by atoms with E-state index in [2.05, 4.69) is 26.1 Å². The second-order valence-electron chi connectivity index (χ2n) is 2.64. The molecule has 0 unspecified atom stereocenters. The summed E-state index contributed by atoms with van der Waals surface area (Å²) in [6.07, 6.45) is 0. The molecule has 2 rings (SSSR count). The van der Waals surface area contributed by atoms with Gasteiger partial charge in [0.25, 0.3) is 0 Å². The lowest BCUT2D eigenvalue weighted by molar-refractivity contribution is 0.585. The molecule has 3 nitrogen and oxygen atoms in total. The quantitative estimate of drug-likeness (QED) is 0.821. The number of halogens is 3. The Morgan fingerprint density at radius 1 is 1.40 bits per heavy atom. The Labute approximate surface area is 94.9 Å². The lowest BCUT2D eigenvalue weighted by atomic mass is 10.2. The maximum Gasteiger partial charge on any atom is 0.322 e. The van der Waals surface area contributed by atoms with E-state index < -0.39 is 16.5 Å². The van der Waals surface area contributed by atoms with Crippen LogP contribution >= 0.6 is 27.3 Å². The molecule has 0 bridgehead atoms. The maximum atomic E-state index is 13.5. The third kappa shape index (κ3) is 1.84. The zero-order valence-corrected chi connectivity index (χ0v) is 9.45. The molecule has 0 aliphatic rings. The molecule has 1 N–H and O–H groups in total. The fraction of sp³-hybridized carbons (Fsp3) is 0. The second-order valence-corrected chi connectivity index (χ2v) is 4.45. The monoisotopic (exact) mass is 292 g/mol. The van der Waals surface area contributed by atoms with Gasteiger partial charge in [-0.25, -0.2) is 13.9 Å². The normalized spacial score (nSPS) is 10.6. The summed E-state index contributed by atoms with van der Waals surface area (Å²) in [5.74, 6) is -1.52. The number of H-pyrrole nitrogens is 1. The summed E-state index contributed by atoms with van der Waals surface area (Å²) >= 11 is 3.59. The Kier molecular flexibility index (Phi) is 2.66. The minimum atomic E-state index is -0.766. The van der Waals surface area contributed by atoms with Crippen LogP contribution in [0.2, 0.25) is 0 Å². The van der Waals surface area contributed by atoms with E-state index >= 15 is 0 Å². The zero-order valence-electron chi connectivity index (χ0n) is 7.05. The van der Waals surface area contributed by atoms with E-state index in [0.717, 1.165) is 6.07 Å². The SMILES string of the molecule is O=c1[nH]nc(-c2c(F)ccc(Br)c2F)s1. The van der Waals surface area contributed by atoms with Gasteiger partial charge in [0.15, 0.2) is 10.8 Å². The Bertz CT molecular complexity index is 566. The number of benzene rings is 1. The van der Waals surface area contributed by atoms with Gasteiger partial charge >= 0.3 is 4.87 Å². The highest BCUT2D eigenvalue weighted by Crippen LogP contribution is 2.30. The standard InChI is InChI=1S/C8H3BrF2N2OS/c9-3-1-2-4(10)5(6(3)11)7-12-13-8(14)15-7/h1-2H,(H,13,14). The molecule has 15 heavy (non-hydrogen) atoms. The molecule has 0 amide bonds. The fourth-order valence-electron chi connectivity index (χ4n) is 1.06. The van der Waals surface area contributed by atoms with Crippen molar-refractivity contribution in [3.05, 3.63) is 37.9 Å². The van der Waals surface area contributed by atoms with Crippen molar-refractivity contribution in [1.82, 2.24) is 10.2 Å². The number of rotatable bonds is 1. The van der Waals surface area contributed by atoms with Crippen molar-refractivity contribution >= 4 is 27.3 Å². The molecule has 1 aromatic carbocycles. The first-order valence-electron chi connectivity index (χ1n) is 3.79. The van der Waals surface area contributed by atoms with Crippen molar-refractivity contribution < 1.29 is 8.78 Å². The number of aromatic amines is 1. The minimum absolute atomic E-state index is 0.00343. The van der Waals surface area contributed by atoms with Crippen LogP contribution in [0.15, 0.2) is 21.4 Å². The molecule has 0 spiro atoms. The van der Waals surface area contributed by atoms with Crippen molar-refractivity contribution in [3.63, 3.8) is 0 Å². The van der Waals surface area contributed by atoms with Crippen LogP contribution in [-0.4, -0.2) is 10.2 Å². The van der Waals surface area contributed by atoms with E-state index in [1.54, 1.807) is 0 Å². The topological polar surface area (TPSA) is 45.8 Å². The highest BCUT2D eigenvalue weighted by molar-refractivity contribution is 9.10. The van der Waals surface area contributed by atoms with Gasteiger partial charge < -0.3 is 0 Å². The first-order valence-corrected chi connectivity index (χ1v) is 5.40. The van der Waals surface area contributed by atoms with Gasteiger partial charge in [-0.2, -0.15) is 5.10 Å². The molecule has 7 heteroatoms. The zero-order chi connectivity index (χ0) is 11.0. The highest BCUT2D eigenvalue weighted by Gasteiger charge is 2.17. The lowest BCUT2D eigenvalue weighted by Crippen LogP contribution is -1.91. The molecule has 1 aromatic heterocycles. The molecule has 2 aromatic rings. The van der Waals surface area contributed by atoms with Gasteiger partial charge in [-0.1, -0.05) is 11.3 Å². The van der Waals surface area contributed by atoms with Crippen molar-refractivity contribution in [3.8, 4) is 10.6 Å². The minimum Gasteiger partial charge on any atom is -0.255 e. The van der Waals surface area contributed by atoms with E-state index in [-0.39, 0.29) is 15.0 Å². The second kappa shape index (κ2) is 3.82. The van der Waals surface area contributed by atoms with Crippen molar-refractivity contribution in [1.29, 1.82) is 0 Å². The van der Waals surface area contributed by atoms with Gasteiger partial charge in [0.2, 0.25) is 0 Å². The summed E-state index contributed by atoms with van der Waals surface area (Å²) in [6, 6.07) is 2.36. The summed E-state index contributed by atoms with van der Waals surface area (Å²) in [5, 5.41) is 5.63. The smallest absolute Gasteiger partial charge is 0.255 e. The predicted octanol–water partition coefficient (Wildman–Crippen LogP) is 2.54. The molecule has 0 saturated heterocycles. The summed E-state index contributed by atoms with van der Waals surface area (Å²) in [6.45, 7) is 0. The number of nitrogens with zero attached hydrogens (tertiary/aromatic N) is 1. The van der Waals surface area contributed by atoms with Crippen LogP contribution in [0.3, 0.4) is 0 Å². The van der Waals surface area contributed by atoms with Gasteiger partial charge in [-0.3, -0.25) is 4.79 Å². The third-order valence-electron chi connectivity index (χ3n) is 1.70. The predicted molar refractivity (Wildman–Crippen MR) is 55.8 cm³/mol. The van der Waals surface area contributed by atoms with Crippen LogP contribution in [0.5, 0.6) is 0 Å². The first-order chi connectivity index (χ1) is 7.09. The molecule has 0 aliphatic carbocycles. The van der Waals surface area contributed by atoms with Crippen molar-refractivity contribution in [2.24, 2.45) is 0 Å². The Morgan fingerprint density at radius 3 is 2.73 bits per heavy atom. The average Bonchev–Trinajstić information content (AvgIpc) is 2.59. The Hall–Kier alpha value is -1.08. The highest BCUT2D eigenvalue weighted by atomic mass is 79.9. The number of aromatic nitrogens is 2. The van der Waals surface area contributed by atoms with Gasteiger partial charge in [0, 0.05) is 0 Å². The summed E-state index contributed by atoms with van der Waals surface area (Å²) in [4.78, 5) is 10.4. The van der Waals surface area contributed by atoms with Crippen LogP contribution < -0.4 is 4.87 Å². The van der Waals surface area contributed by atoms with E-state index in [9.17, 15) is 13.6 Å². The van der Waals surface area contributed by atoms with Gasteiger partial charge in [0.05, 0.1) is 10.0 Å². The molecule has 0 fully saturated rings. The fourth-order valence-corrected chi connectivity index (χ4v) is 2.04. The van der Waals surface area contributed by atoms with Crippen LogP contribution in [0, 0.1) is 11.6 Å². The number of nitrogens with one attached hydrogen (secondary N) is 1. The summed E-state index contributed by atoms with van der Waals surface area (Å²) < 4.78 is 27.0. The molecule has 0 atom stereocenters. The van der Waals surface area contributed by atoms with Gasteiger partial charge in [-0.15, -0.1) is 0 Å². The van der Waals surface area contributed by atoms with Crippen molar-refractivity contribution in [2.75, 3.05) is 0 Å². The first kappa shape index (κ1) is 10.4. The van der Waals surface area contributed by atoms with Crippen LogP contribution in [0.4, 0.5) is 8.78 Å². The van der Waals surface area contributed by atoms with Gasteiger partial charge in [0.1, 0.15) is 5.82 Å². The molecular weight excluding hydrogens is 290 g/mol. The van der Waals surface area contributed by atoms with E-state index in [4.69, 9.17) is 0 Å². The molecule has 0 saturated carbocycles. The molecular formula is C8H3BrF2N2OS. The van der Waals surface area contributed by atoms with E-state index in [1.807, 2.05) is 0 Å².